The molecule has 0 N–H and O–H groups in total. The number of hydrogen-bond acceptors (Lipinski definition) is 5. The summed E-state index contributed by atoms with van der Waals surface area (Å²) in [5.74, 6) is 0.508. The van der Waals surface area contributed by atoms with Gasteiger partial charge in [-0.15, -0.1) is 0 Å². The molecule has 1 aromatic carbocycles. The molecule has 1 aliphatic heterocycles. The third-order valence-corrected chi connectivity index (χ3v) is 4.33. The van der Waals surface area contributed by atoms with Gasteiger partial charge in [0.2, 0.25) is 5.88 Å². The molecule has 1 aromatic heterocycles. The van der Waals surface area contributed by atoms with Gasteiger partial charge in [-0.05, 0) is 37.1 Å². The molecule has 126 valence electrons. The summed E-state index contributed by atoms with van der Waals surface area (Å²) in [4.78, 5) is 2.30. The SMILES string of the molecule is Cc1ccc(-n2ncc(C#N)c2OCCN2CCOCC2)cc1C. The highest BCUT2D eigenvalue weighted by atomic mass is 16.5. The van der Waals surface area contributed by atoms with Gasteiger partial charge in [0.05, 0.1) is 25.1 Å². The number of aryl methyl sites for hydroxylation is 2. The lowest BCUT2D eigenvalue weighted by molar-refractivity contribution is 0.0318. The summed E-state index contributed by atoms with van der Waals surface area (Å²) in [5.41, 5.74) is 3.76. The molecule has 2 aromatic rings. The van der Waals surface area contributed by atoms with Gasteiger partial charge in [0.25, 0.3) is 0 Å². The number of ether oxygens (including phenoxy) is 2. The number of hydrogen-bond donors (Lipinski definition) is 0. The van der Waals surface area contributed by atoms with Crippen LogP contribution in [0.25, 0.3) is 5.69 Å². The van der Waals surface area contributed by atoms with Crippen molar-refractivity contribution in [3.05, 3.63) is 41.1 Å². The first-order valence-electron chi connectivity index (χ1n) is 8.17. The maximum absolute atomic E-state index is 9.32. The van der Waals surface area contributed by atoms with E-state index in [9.17, 15) is 5.26 Å². The van der Waals surface area contributed by atoms with Gasteiger partial charge in [-0.3, -0.25) is 4.90 Å². The van der Waals surface area contributed by atoms with Crippen LogP contribution in [0.4, 0.5) is 0 Å². The zero-order chi connectivity index (χ0) is 16.9. The van der Waals surface area contributed by atoms with Crippen LogP contribution in [0.5, 0.6) is 5.88 Å². The van der Waals surface area contributed by atoms with Crippen LogP contribution in [-0.4, -0.2) is 54.1 Å². The molecule has 6 heteroatoms. The maximum atomic E-state index is 9.32. The maximum Gasteiger partial charge on any atom is 0.235 e. The van der Waals surface area contributed by atoms with Crippen LogP contribution in [0, 0.1) is 25.2 Å². The lowest BCUT2D eigenvalue weighted by atomic mass is 10.1. The molecule has 3 rings (SSSR count). The van der Waals surface area contributed by atoms with Crippen molar-refractivity contribution in [1.82, 2.24) is 14.7 Å². The Hall–Kier alpha value is -2.36. The second-order valence-corrected chi connectivity index (χ2v) is 5.96. The predicted octanol–water partition coefficient (Wildman–Crippen LogP) is 2.07. The molecular weight excluding hydrogens is 304 g/mol. The van der Waals surface area contributed by atoms with Gasteiger partial charge >= 0.3 is 0 Å². The first-order chi connectivity index (χ1) is 11.7. The van der Waals surface area contributed by atoms with Crippen LogP contribution in [0.3, 0.4) is 0 Å². The van der Waals surface area contributed by atoms with Crippen molar-refractivity contribution in [3.8, 4) is 17.6 Å². The molecule has 1 aliphatic rings. The Morgan fingerprint density at radius 2 is 2.04 bits per heavy atom. The minimum atomic E-state index is 0.454. The van der Waals surface area contributed by atoms with Gasteiger partial charge in [-0.2, -0.15) is 15.0 Å². The fraction of sp³-hybridized carbons (Fsp3) is 0.444. The van der Waals surface area contributed by atoms with Crippen LogP contribution in [0.1, 0.15) is 16.7 Å². The highest BCUT2D eigenvalue weighted by molar-refractivity contribution is 5.46. The molecule has 0 atom stereocenters. The number of morpholine rings is 1. The summed E-state index contributed by atoms with van der Waals surface area (Å²) in [6, 6.07) is 8.26. The number of benzene rings is 1. The first kappa shape index (κ1) is 16.5. The summed E-state index contributed by atoms with van der Waals surface area (Å²) in [5, 5.41) is 13.6. The summed E-state index contributed by atoms with van der Waals surface area (Å²) < 4.78 is 13.0. The zero-order valence-electron chi connectivity index (χ0n) is 14.2. The third-order valence-electron chi connectivity index (χ3n) is 4.33. The molecule has 2 heterocycles. The van der Waals surface area contributed by atoms with Crippen LogP contribution >= 0.6 is 0 Å². The van der Waals surface area contributed by atoms with Crippen molar-refractivity contribution in [2.24, 2.45) is 0 Å². The van der Waals surface area contributed by atoms with E-state index < -0.39 is 0 Å². The van der Waals surface area contributed by atoms with E-state index in [0.29, 0.717) is 18.1 Å². The van der Waals surface area contributed by atoms with Gasteiger partial charge < -0.3 is 9.47 Å². The van der Waals surface area contributed by atoms with Crippen LogP contribution in [-0.2, 0) is 4.74 Å². The standard InChI is InChI=1S/C18H22N4O2/c1-14-3-4-17(11-15(14)2)22-18(16(12-19)13-20-22)24-10-7-21-5-8-23-9-6-21/h3-4,11,13H,5-10H2,1-2H3. The Kier molecular flexibility index (Phi) is 5.14. The summed E-state index contributed by atoms with van der Waals surface area (Å²) in [6.45, 7) is 8.84. The Morgan fingerprint density at radius 1 is 1.25 bits per heavy atom. The Bertz CT molecular complexity index is 742. The molecule has 1 fully saturated rings. The molecule has 1 saturated heterocycles. The number of nitrogens with zero attached hydrogens (tertiary/aromatic N) is 4. The smallest absolute Gasteiger partial charge is 0.235 e. The average Bonchev–Trinajstić information content (AvgIpc) is 3.01. The van der Waals surface area contributed by atoms with Gasteiger partial charge in [0.1, 0.15) is 18.2 Å². The molecule has 0 amide bonds. The molecular formula is C18H22N4O2. The molecule has 0 unspecified atom stereocenters. The lowest BCUT2D eigenvalue weighted by Crippen LogP contribution is -2.38. The zero-order valence-corrected chi connectivity index (χ0v) is 14.2. The van der Waals surface area contributed by atoms with Crippen molar-refractivity contribution in [1.29, 1.82) is 5.26 Å². The summed E-state index contributed by atoms with van der Waals surface area (Å²) >= 11 is 0. The van der Waals surface area contributed by atoms with Crippen molar-refractivity contribution in [2.45, 2.75) is 13.8 Å². The third kappa shape index (κ3) is 3.58. The van der Waals surface area contributed by atoms with E-state index >= 15 is 0 Å². The van der Waals surface area contributed by atoms with Gasteiger partial charge in [0.15, 0.2) is 0 Å². The largest absolute Gasteiger partial charge is 0.475 e. The molecule has 0 saturated carbocycles. The Labute approximate surface area is 142 Å². The van der Waals surface area contributed by atoms with E-state index in [4.69, 9.17) is 9.47 Å². The van der Waals surface area contributed by atoms with E-state index in [0.717, 1.165) is 38.5 Å². The molecule has 0 bridgehead atoms. The first-order valence-corrected chi connectivity index (χ1v) is 8.17. The lowest BCUT2D eigenvalue weighted by Gasteiger charge is -2.26. The fourth-order valence-corrected chi connectivity index (χ4v) is 2.69. The topological polar surface area (TPSA) is 63.3 Å². The van der Waals surface area contributed by atoms with Crippen molar-refractivity contribution < 1.29 is 9.47 Å². The van der Waals surface area contributed by atoms with Crippen molar-refractivity contribution in [3.63, 3.8) is 0 Å². The molecule has 0 spiro atoms. The second-order valence-electron chi connectivity index (χ2n) is 5.96. The Morgan fingerprint density at radius 3 is 2.75 bits per heavy atom. The van der Waals surface area contributed by atoms with Gasteiger partial charge in [-0.25, -0.2) is 0 Å². The summed E-state index contributed by atoms with van der Waals surface area (Å²) in [6.07, 6.45) is 1.55. The second kappa shape index (κ2) is 7.47. The quantitative estimate of drug-likeness (QED) is 0.842. The monoisotopic (exact) mass is 326 g/mol. The number of rotatable bonds is 5. The van der Waals surface area contributed by atoms with Gasteiger partial charge in [-0.1, -0.05) is 6.07 Å². The van der Waals surface area contributed by atoms with Gasteiger partial charge in [0, 0.05) is 19.6 Å². The number of aromatic nitrogens is 2. The molecule has 6 nitrogen and oxygen atoms in total. The fourth-order valence-electron chi connectivity index (χ4n) is 2.69. The van der Waals surface area contributed by atoms with Crippen molar-refractivity contribution in [2.75, 3.05) is 39.5 Å². The normalized spacial score (nSPS) is 15.2. The summed E-state index contributed by atoms with van der Waals surface area (Å²) in [7, 11) is 0. The van der Waals surface area contributed by atoms with E-state index in [1.54, 1.807) is 10.9 Å². The van der Waals surface area contributed by atoms with E-state index in [1.807, 2.05) is 6.07 Å². The van der Waals surface area contributed by atoms with E-state index in [1.165, 1.54) is 11.1 Å². The molecule has 24 heavy (non-hydrogen) atoms. The average molecular weight is 326 g/mol. The van der Waals surface area contributed by atoms with E-state index in [2.05, 4.69) is 42.0 Å². The minimum Gasteiger partial charge on any atom is -0.475 e. The highest BCUT2D eigenvalue weighted by Crippen LogP contribution is 2.23. The van der Waals surface area contributed by atoms with Crippen LogP contribution in [0.2, 0.25) is 0 Å². The highest BCUT2D eigenvalue weighted by Gasteiger charge is 2.16. The molecule has 0 radical (unpaired) electrons. The minimum absolute atomic E-state index is 0.454. The van der Waals surface area contributed by atoms with Crippen molar-refractivity contribution >= 4 is 0 Å². The van der Waals surface area contributed by atoms with Crippen LogP contribution in [0.15, 0.2) is 24.4 Å². The molecule has 0 aliphatic carbocycles. The predicted molar refractivity (Wildman–Crippen MR) is 90.5 cm³/mol. The Balaban J connectivity index is 1.75. The van der Waals surface area contributed by atoms with E-state index in [-0.39, 0.29) is 0 Å². The van der Waals surface area contributed by atoms with Crippen LogP contribution < -0.4 is 4.74 Å². The number of nitriles is 1.